The second-order valence-corrected chi connectivity index (χ2v) is 5.95. The molecule has 1 fully saturated rings. The van der Waals surface area contributed by atoms with Gasteiger partial charge < -0.3 is 10.2 Å². The van der Waals surface area contributed by atoms with Crippen LogP contribution in [0.15, 0.2) is 0 Å². The third-order valence-electron chi connectivity index (χ3n) is 4.45. The molecule has 1 aliphatic carbocycles. The minimum absolute atomic E-state index is 0.0187. The SMILES string of the molecule is CCC1(C(=O)O)CCC(C(=O)O)CC1CC(C)C. The molecule has 4 heteroatoms. The highest BCUT2D eigenvalue weighted by atomic mass is 16.4. The Kier molecular flexibility index (Phi) is 4.77. The second-order valence-electron chi connectivity index (χ2n) is 5.95. The fourth-order valence-electron chi connectivity index (χ4n) is 3.34. The number of aliphatic carboxylic acids is 2. The number of carbonyl (C=O) groups is 2. The van der Waals surface area contributed by atoms with Crippen LogP contribution in [0.5, 0.6) is 0 Å². The van der Waals surface area contributed by atoms with Gasteiger partial charge in [-0.3, -0.25) is 9.59 Å². The van der Waals surface area contributed by atoms with E-state index < -0.39 is 17.4 Å². The summed E-state index contributed by atoms with van der Waals surface area (Å²) in [5.74, 6) is -1.52. The summed E-state index contributed by atoms with van der Waals surface area (Å²) in [6.07, 6.45) is 2.88. The van der Waals surface area contributed by atoms with E-state index in [-0.39, 0.29) is 11.8 Å². The van der Waals surface area contributed by atoms with Crippen molar-refractivity contribution in [1.29, 1.82) is 0 Å². The summed E-state index contributed by atoms with van der Waals surface area (Å²) < 4.78 is 0. The van der Waals surface area contributed by atoms with Crippen LogP contribution < -0.4 is 0 Å². The van der Waals surface area contributed by atoms with Gasteiger partial charge in [0.2, 0.25) is 0 Å². The van der Waals surface area contributed by atoms with E-state index in [9.17, 15) is 14.7 Å². The van der Waals surface area contributed by atoms with E-state index in [0.29, 0.717) is 31.6 Å². The lowest BCUT2D eigenvalue weighted by atomic mass is 9.60. The van der Waals surface area contributed by atoms with Gasteiger partial charge in [0, 0.05) is 0 Å². The van der Waals surface area contributed by atoms with Gasteiger partial charge in [0.25, 0.3) is 0 Å². The number of rotatable bonds is 5. The van der Waals surface area contributed by atoms with E-state index >= 15 is 0 Å². The molecular weight excluding hydrogens is 232 g/mol. The van der Waals surface area contributed by atoms with Crippen molar-refractivity contribution in [3.63, 3.8) is 0 Å². The molecule has 0 heterocycles. The van der Waals surface area contributed by atoms with Crippen LogP contribution in [0.3, 0.4) is 0 Å². The first-order valence-electron chi connectivity index (χ1n) is 6.79. The van der Waals surface area contributed by atoms with E-state index in [4.69, 9.17) is 5.11 Å². The Morgan fingerprint density at radius 3 is 2.33 bits per heavy atom. The Labute approximate surface area is 108 Å². The maximum absolute atomic E-state index is 11.6. The number of hydrogen-bond donors (Lipinski definition) is 2. The van der Waals surface area contributed by atoms with Gasteiger partial charge in [0.05, 0.1) is 11.3 Å². The molecule has 0 aliphatic heterocycles. The maximum Gasteiger partial charge on any atom is 0.309 e. The Morgan fingerprint density at radius 2 is 1.94 bits per heavy atom. The zero-order valence-corrected chi connectivity index (χ0v) is 11.5. The summed E-state index contributed by atoms with van der Waals surface area (Å²) >= 11 is 0. The Hall–Kier alpha value is -1.06. The predicted octanol–water partition coefficient (Wildman–Crippen LogP) is 3.01. The molecule has 4 nitrogen and oxygen atoms in total. The van der Waals surface area contributed by atoms with E-state index in [1.165, 1.54) is 0 Å². The molecule has 0 amide bonds. The van der Waals surface area contributed by atoms with Gasteiger partial charge >= 0.3 is 11.9 Å². The van der Waals surface area contributed by atoms with Gasteiger partial charge in [-0.05, 0) is 43.9 Å². The summed E-state index contributed by atoms with van der Waals surface area (Å²) in [5.41, 5.74) is -0.712. The topological polar surface area (TPSA) is 74.6 Å². The van der Waals surface area contributed by atoms with Crippen molar-refractivity contribution in [3.8, 4) is 0 Å². The van der Waals surface area contributed by atoms with Crippen LogP contribution in [0.1, 0.15) is 52.9 Å². The fourth-order valence-corrected chi connectivity index (χ4v) is 3.34. The first-order valence-corrected chi connectivity index (χ1v) is 6.79. The molecule has 0 saturated heterocycles. The quantitative estimate of drug-likeness (QED) is 0.793. The van der Waals surface area contributed by atoms with Crippen LogP contribution in [-0.2, 0) is 9.59 Å². The molecule has 18 heavy (non-hydrogen) atoms. The average Bonchev–Trinajstić information content (AvgIpc) is 2.27. The largest absolute Gasteiger partial charge is 0.481 e. The predicted molar refractivity (Wildman–Crippen MR) is 68.3 cm³/mol. The molecular formula is C14H24O4. The lowest BCUT2D eigenvalue weighted by Gasteiger charge is -2.43. The second kappa shape index (κ2) is 5.72. The number of carboxylic acid groups (broad SMARTS) is 2. The third kappa shape index (κ3) is 2.85. The first-order chi connectivity index (χ1) is 8.33. The number of hydrogen-bond acceptors (Lipinski definition) is 2. The van der Waals surface area contributed by atoms with Crippen molar-refractivity contribution >= 4 is 11.9 Å². The van der Waals surface area contributed by atoms with Gasteiger partial charge in [-0.15, -0.1) is 0 Å². The molecule has 1 aliphatic rings. The summed E-state index contributed by atoms with van der Waals surface area (Å²) in [4.78, 5) is 22.7. The van der Waals surface area contributed by atoms with Crippen LogP contribution >= 0.6 is 0 Å². The van der Waals surface area contributed by atoms with Gasteiger partial charge in [0.15, 0.2) is 0 Å². The molecule has 0 aromatic heterocycles. The molecule has 1 rings (SSSR count). The molecule has 3 unspecified atom stereocenters. The first kappa shape index (κ1) is 15.0. The van der Waals surface area contributed by atoms with Crippen LogP contribution in [0, 0.1) is 23.2 Å². The number of carboxylic acids is 2. The Morgan fingerprint density at radius 1 is 1.33 bits per heavy atom. The standard InChI is InChI=1S/C14H24O4/c1-4-14(13(17)18)6-5-10(12(15)16)8-11(14)7-9(2)3/h9-11H,4-8H2,1-3H3,(H,15,16)(H,17,18). The van der Waals surface area contributed by atoms with Gasteiger partial charge in [-0.1, -0.05) is 20.8 Å². The monoisotopic (exact) mass is 256 g/mol. The van der Waals surface area contributed by atoms with Crippen molar-refractivity contribution in [1.82, 2.24) is 0 Å². The van der Waals surface area contributed by atoms with Crippen LogP contribution in [0.25, 0.3) is 0 Å². The van der Waals surface area contributed by atoms with Crippen LogP contribution in [0.2, 0.25) is 0 Å². The Bertz CT molecular complexity index is 324. The van der Waals surface area contributed by atoms with Crippen molar-refractivity contribution < 1.29 is 19.8 Å². The lowest BCUT2D eigenvalue weighted by molar-refractivity contribution is -0.161. The molecule has 0 spiro atoms. The molecule has 0 radical (unpaired) electrons. The molecule has 0 aromatic carbocycles. The minimum atomic E-state index is -0.779. The maximum atomic E-state index is 11.6. The van der Waals surface area contributed by atoms with Crippen molar-refractivity contribution in [3.05, 3.63) is 0 Å². The summed E-state index contributed by atoms with van der Waals surface area (Å²) in [7, 11) is 0. The zero-order valence-electron chi connectivity index (χ0n) is 11.5. The van der Waals surface area contributed by atoms with E-state index in [0.717, 1.165) is 6.42 Å². The molecule has 0 bridgehead atoms. The van der Waals surface area contributed by atoms with Crippen molar-refractivity contribution in [2.24, 2.45) is 23.2 Å². The lowest BCUT2D eigenvalue weighted by Crippen LogP contribution is -2.44. The fraction of sp³-hybridized carbons (Fsp3) is 0.857. The summed E-state index contributed by atoms with van der Waals surface area (Å²) in [5, 5.41) is 18.7. The van der Waals surface area contributed by atoms with Gasteiger partial charge in [-0.25, -0.2) is 0 Å². The van der Waals surface area contributed by atoms with Crippen LogP contribution in [0.4, 0.5) is 0 Å². The molecule has 1 saturated carbocycles. The van der Waals surface area contributed by atoms with E-state index in [1.807, 2.05) is 6.92 Å². The molecule has 0 aromatic rings. The molecule has 3 atom stereocenters. The van der Waals surface area contributed by atoms with Gasteiger partial charge in [0.1, 0.15) is 0 Å². The highest BCUT2D eigenvalue weighted by Crippen LogP contribution is 2.48. The van der Waals surface area contributed by atoms with E-state index in [2.05, 4.69) is 13.8 Å². The average molecular weight is 256 g/mol. The van der Waals surface area contributed by atoms with Crippen molar-refractivity contribution in [2.75, 3.05) is 0 Å². The Balaban J connectivity index is 2.96. The zero-order chi connectivity index (χ0) is 13.9. The van der Waals surface area contributed by atoms with Crippen molar-refractivity contribution in [2.45, 2.75) is 52.9 Å². The highest BCUT2D eigenvalue weighted by Gasteiger charge is 2.49. The minimum Gasteiger partial charge on any atom is -0.481 e. The van der Waals surface area contributed by atoms with Crippen LogP contribution in [-0.4, -0.2) is 22.2 Å². The highest BCUT2D eigenvalue weighted by molar-refractivity contribution is 5.76. The summed E-state index contributed by atoms with van der Waals surface area (Å²) in [6, 6.07) is 0. The normalized spacial score (nSPS) is 32.4. The smallest absolute Gasteiger partial charge is 0.309 e. The van der Waals surface area contributed by atoms with Gasteiger partial charge in [-0.2, -0.15) is 0 Å². The third-order valence-corrected chi connectivity index (χ3v) is 4.45. The summed E-state index contributed by atoms with van der Waals surface area (Å²) in [6.45, 7) is 6.03. The van der Waals surface area contributed by atoms with E-state index in [1.54, 1.807) is 0 Å². The molecule has 104 valence electrons. The molecule has 2 N–H and O–H groups in total.